The van der Waals surface area contributed by atoms with Crippen molar-refractivity contribution in [1.82, 2.24) is 4.90 Å². The molecule has 0 bridgehead atoms. The van der Waals surface area contributed by atoms with Gasteiger partial charge in [0.2, 0.25) is 5.91 Å². The monoisotopic (exact) mass is 394 g/mol. The third-order valence-electron chi connectivity index (χ3n) is 3.84. The number of halogens is 2. The van der Waals surface area contributed by atoms with Crippen LogP contribution in [-0.2, 0) is 16.1 Å². The Hall–Kier alpha value is -2.08. The molecule has 26 heavy (non-hydrogen) atoms. The van der Waals surface area contributed by atoms with Gasteiger partial charge in [-0.2, -0.15) is 0 Å². The first-order chi connectivity index (χ1) is 12.4. The van der Waals surface area contributed by atoms with E-state index in [0.717, 1.165) is 17.0 Å². The van der Waals surface area contributed by atoms with E-state index in [1.807, 2.05) is 37.4 Å². The summed E-state index contributed by atoms with van der Waals surface area (Å²) in [5.41, 5.74) is 1.51. The average molecular weight is 395 g/mol. The molecule has 0 aliphatic heterocycles. The summed E-state index contributed by atoms with van der Waals surface area (Å²) in [6, 6.07) is 14.9. The number of hydrogen-bond acceptors (Lipinski definition) is 2. The quantitative estimate of drug-likeness (QED) is 0.755. The van der Waals surface area contributed by atoms with Crippen molar-refractivity contribution < 1.29 is 14.5 Å². The molecule has 0 aliphatic carbocycles. The summed E-state index contributed by atoms with van der Waals surface area (Å²) in [6.45, 7) is 0.965. The Morgan fingerprint density at radius 1 is 1.04 bits per heavy atom. The van der Waals surface area contributed by atoms with Crippen molar-refractivity contribution in [2.45, 2.75) is 6.54 Å². The predicted molar refractivity (Wildman–Crippen MR) is 105 cm³/mol. The Bertz CT molecular complexity index is 748. The third kappa shape index (κ3) is 6.02. The van der Waals surface area contributed by atoms with Crippen LogP contribution in [0.4, 0.5) is 5.69 Å². The van der Waals surface area contributed by atoms with E-state index >= 15 is 0 Å². The van der Waals surface area contributed by atoms with Gasteiger partial charge < -0.3 is 15.1 Å². The van der Waals surface area contributed by atoms with Crippen LogP contribution in [-0.4, -0.2) is 43.9 Å². The maximum Gasteiger partial charge on any atom is 0.277 e. The molecule has 0 aromatic heterocycles. The van der Waals surface area contributed by atoms with E-state index in [1.165, 1.54) is 4.90 Å². The Morgan fingerprint density at radius 3 is 2.27 bits per heavy atom. The number of hydrogen-bond donors (Lipinski definition) is 2. The molecule has 1 unspecified atom stereocenters. The molecule has 0 aliphatic rings. The Morgan fingerprint density at radius 2 is 1.65 bits per heavy atom. The fraction of sp³-hybridized carbons (Fsp3) is 0.263. The standard InChI is InChI=1S/C19H21Cl2N3O2/c1-23(11-14-7-4-3-5-8-14)13-18(26)24(2)12-17(25)22-19-15(20)9-6-10-16(19)21/h3-10H,11-13H2,1-2H3,(H,22,25)/p+1. The van der Waals surface area contributed by atoms with Crippen LogP contribution in [0.1, 0.15) is 5.56 Å². The van der Waals surface area contributed by atoms with Crippen LogP contribution in [0.25, 0.3) is 0 Å². The highest BCUT2D eigenvalue weighted by atomic mass is 35.5. The molecule has 138 valence electrons. The molecule has 2 rings (SSSR count). The normalized spacial score (nSPS) is 11.7. The van der Waals surface area contributed by atoms with Gasteiger partial charge >= 0.3 is 0 Å². The Kier molecular flexibility index (Phi) is 7.45. The van der Waals surface area contributed by atoms with Crippen molar-refractivity contribution >= 4 is 40.7 Å². The van der Waals surface area contributed by atoms with Crippen LogP contribution < -0.4 is 10.2 Å². The molecule has 2 amide bonds. The summed E-state index contributed by atoms with van der Waals surface area (Å²) in [5.74, 6) is -0.463. The summed E-state index contributed by atoms with van der Waals surface area (Å²) in [6.07, 6.45) is 0. The van der Waals surface area contributed by atoms with Gasteiger partial charge in [0.15, 0.2) is 6.54 Å². The van der Waals surface area contributed by atoms with Crippen LogP contribution >= 0.6 is 23.2 Å². The van der Waals surface area contributed by atoms with Crippen LogP contribution in [0.3, 0.4) is 0 Å². The van der Waals surface area contributed by atoms with Gasteiger partial charge in [0.25, 0.3) is 5.91 Å². The third-order valence-corrected chi connectivity index (χ3v) is 4.47. The zero-order chi connectivity index (χ0) is 19.1. The lowest BCUT2D eigenvalue weighted by atomic mass is 10.2. The molecule has 0 spiro atoms. The minimum atomic E-state index is -0.350. The van der Waals surface area contributed by atoms with Crippen LogP contribution in [0.15, 0.2) is 48.5 Å². The van der Waals surface area contributed by atoms with E-state index in [0.29, 0.717) is 22.3 Å². The van der Waals surface area contributed by atoms with Gasteiger partial charge in [0, 0.05) is 12.6 Å². The van der Waals surface area contributed by atoms with E-state index < -0.39 is 0 Å². The topological polar surface area (TPSA) is 53.9 Å². The zero-order valence-electron chi connectivity index (χ0n) is 14.8. The van der Waals surface area contributed by atoms with Crippen molar-refractivity contribution in [3.8, 4) is 0 Å². The molecule has 2 N–H and O–H groups in total. The summed E-state index contributed by atoms with van der Waals surface area (Å²) in [4.78, 5) is 27.0. The fourth-order valence-corrected chi connectivity index (χ4v) is 2.99. The molecule has 2 aromatic rings. The number of quaternary nitrogens is 1. The maximum absolute atomic E-state index is 12.3. The van der Waals surface area contributed by atoms with Crippen molar-refractivity contribution in [3.63, 3.8) is 0 Å². The average Bonchev–Trinajstić information content (AvgIpc) is 2.59. The molecular formula is C19H22Cl2N3O2+. The lowest BCUT2D eigenvalue weighted by Crippen LogP contribution is -3.08. The Labute approximate surface area is 163 Å². The van der Waals surface area contributed by atoms with Gasteiger partial charge in [0.05, 0.1) is 29.3 Å². The molecule has 0 radical (unpaired) electrons. The van der Waals surface area contributed by atoms with Gasteiger partial charge in [-0.05, 0) is 12.1 Å². The first-order valence-electron chi connectivity index (χ1n) is 8.20. The van der Waals surface area contributed by atoms with Crippen molar-refractivity contribution in [1.29, 1.82) is 0 Å². The molecule has 5 nitrogen and oxygen atoms in total. The van der Waals surface area contributed by atoms with Crippen molar-refractivity contribution in [2.24, 2.45) is 0 Å². The number of nitrogens with zero attached hydrogens (tertiary/aromatic N) is 1. The lowest BCUT2D eigenvalue weighted by Gasteiger charge is -2.20. The molecule has 1 atom stereocenters. The van der Waals surface area contributed by atoms with Gasteiger partial charge in [-0.25, -0.2) is 0 Å². The number of rotatable bonds is 7. The second kappa shape index (κ2) is 9.57. The van der Waals surface area contributed by atoms with Gasteiger partial charge in [-0.3, -0.25) is 9.59 Å². The number of benzene rings is 2. The van der Waals surface area contributed by atoms with Gasteiger partial charge in [-0.1, -0.05) is 59.6 Å². The second-order valence-corrected chi connectivity index (χ2v) is 7.01. The SMILES string of the molecule is CN(CC(=O)Nc1c(Cl)cccc1Cl)C(=O)C[NH+](C)Cc1ccccc1. The number of carbonyl (C=O) groups excluding carboxylic acids is 2. The first kappa shape index (κ1) is 20.2. The highest BCUT2D eigenvalue weighted by Gasteiger charge is 2.18. The van der Waals surface area contributed by atoms with Crippen LogP contribution in [0, 0.1) is 0 Å². The molecule has 0 saturated carbocycles. The second-order valence-electron chi connectivity index (χ2n) is 6.19. The molecular weight excluding hydrogens is 373 g/mol. The summed E-state index contributed by atoms with van der Waals surface area (Å²) < 4.78 is 0. The highest BCUT2D eigenvalue weighted by molar-refractivity contribution is 6.39. The number of para-hydroxylation sites is 1. The smallest absolute Gasteiger partial charge is 0.277 e. The summed E-state index contributed by atoms with van der Waals surface area (Å²) in [7, 11) is 3.55. The number of anilines is 1. The van der Waals surface area contributed by atoms with E-state index in [1.54, 1.807) is 25.2 Å². The summed E-state index contributed by atoms with van der Waals surface area (Å²) in [5, 5.41) is 3.36. The number of nitrogens with one attached hydrogen (secondary N) is 2. The fourth-order valence-electron chi connectivity index (χ4n) is 2.50. The maximum atomic E-state index is 12.3. The van der Waals surface area contributed by atoms with Gasteiger partial charge in [0.1, 0.15) is 6.54 Å². The molecule has 0 heterocycles. The van der Waals surface area contributed by atoms with Crippen LogP contribution in [0.5, 0.6) is 0 Å². The van der Waals surface area contributed by atoms with E-state index in [4.69, 9.17) is 23.2 Å². The summed E-state index contributed by atoms with van der Waals surface area (Å²) >= 11 is 12.1. The molecule has 0 fully saturated rings. The van der Waals surface area contributed by atoms with Crippen molar-refractivity contribution in [3.05, 3.63) is 64.1 Å². The number of likely N-dealkylation sites (N-methyl/N-ethyl adjacent to an activating group) is 2. The van der Waals surface area contributed by atoms with E-state index in [-0.39, 0.29) is 18.4 Å². The van der Waals surface area contributed by atoms with Crippen molar-refractivity contribution in [2.75, 3.05) is 32.5 Å². The van der Waals surface area contributed by atoms with Crippen LogP contribution in [0.2, 0.25) is 10.0 Å². The first-order valence-corrected chi connectivity index (χ1v) is 8.95. The van der Waals surface area contributed by atoms with Gasteiger partial charge in [-0.15, -0.1) is 0 Å². The minimum absolute atomic E-state index is 0.0704. The van der Waals surface area contributed by atoms with E-state index in [2.05, 4.69) is 5.32 Å². The largest absolute Gasteiger partial charge is 0.332 e. The lowest BCUT2D eigenvalue weighted by molar-refractivity contribution is -0.885. The zero-order valence-corrected chi connectivity index (χ0v) is 16.3. The minimum Gasteiger partial charge on any atom is -0.332 e. The Balaban J connectivity index is 1.85. The molecule has 0 saturated heterocycles. The van der Waals surface area contributed by atoms with E-state index in [9.17, 15) is 9.59 Å². The number of carbonyl (C=O) groups is 2. The predicted octanol–water partition coefficient (Wildman–Crippen LogP) is 2.11. The molecule has 7 heteroatoms. The molecule has 2 aromatic carbocycles. The highest BCUT2D eigenvalue weighted by Crippen LogP contribution is 2.29. The number of amides is 2.